The maximum atomic E-state index is 2.43. The Balaban J connectivity index is 2.13. The molecule has 0 saturated heterocycles. The maximum Gasteiger partial charge on any atom is -0.0157 e. The van der Waals surface area contributed by atoms with Gasteiger partial charge in [0.25, 0.3) is 0 Å². The van der Waals surface area contributed by atoms with Gasteiger partial charge in [0.15, 0.2) is 0 Å². The lowest BCUT2D eigenvalue weighted by Crippen LogP contribution is -2.09. The summed E-state index contributed by atoms with van der Waals surface area (Å²) in [7, 11) is -0.352. The van der Waals surface area contributed by atoms with Crippen molar-refractivity contribution < 1.29 is 0 Å². The number of hydrogen-bond donors (Lipinski definition) is 0. The van der Waals surface area contributed by atoms with Crippen molar-refractivity contribution in [2.24, 2.45) is 0 Å². The number of benzene rings is 2. The molecule has 0 fully saturated rings. The first-order valence-corrected chi connectivity index (χ1v) is 8.89. The summed E-state index contributed by atoms with van der Waals surface area (Å²) in [5.74, 6) is 2.43. The lowest BCUT2D eigenvalue weighted by molar-refractivity contribution is 0.729. The Morgan fingerprint density at radius 1 is 0.800 bits per heavy atom. The molecule has 0 spiro atoms. The van der Waals surface area contributed by atoms with Crippen LogP contribution in [0.3, 0.4) is 0 Å². The van der Waals surface area contributed by atoms with Crippen LogP contribution in [-0.2, 0) is 0 Å². The molecule has 0 amide bonds. The van der Waals surface area contributed by atoms with Gasteiger partial charge in [-0.15, -0.1) is 0 Å². The highest BCUT2D eigenvalue weighted by Crippen LogP contribution is 2.35. The summed E-state index contributed by atoms with van der Waals surface area (Å²) in [5, 5.41) is 2.86. The van der Waals surface area contributed by atoms with Crippen LogP contribution in [-0.4, -0.2) is 0 Å². The first-order chi connectivity index (χ1) is 9.92. The first-order valence-electron chi connectivity index (χ1n) is 7.48. The van der Waals surface area contributed by atoms with E-state index in [0.717, 1.165) is 0 Å². The van der Waals surface area contributed by atoms with Crippen LogP contribution in [0.5, 0.6) is 0 Å². The maximum absolute atomic E-state index is 2.43. The quantitative estimate of drug-likeness (QED) is 0.483. The second-order valence-corrected chi connectivity index (χ2v) is 6.99. The Labute approximate surface area is 124 Å². The summed E-state index contributed by atoms with van der Waals surface area (Å²) in [5.41, 5.74) is 0. The molecule has 0 nitrogen and oxygen atoms in total. The van der Waals surface area contributed by atoms with E-state index < -0.39 is 0 Å². The van der Waals surface area contributed by atoms with Crippen molar-refractivity contribution in [3.8, 4) is 0 Å². The van der Waals surface area contributed by atoms with Gasteiger partial charge < -0.3 is 0 Å². The third kappa shape index (κ3) is 4.62. The minimum atomic E-state index is -0.352. The minimum absolute atomic E-state index is 0.352. The fourth-order valence-corrected chi connectivity index (χ4v) is 4.18. The number of rotatable bonds is 7. The fraction of sp³-hybridized carbons (Fsp3) is 0.263. The van der Waals surface area contributed by atoms with Crippen LogP contribution < -0.4 is 10.6 Å². The van der Waals surface area contributed by atoms with E-state index in [2.05, 4.69) is 79.5 Å². The smallest absolute Gasteiger partial charge is 0.0157 e. The van der Waals surface area contributed by atoms with E-state index >= 15 is 0 Å². The Morgan fingerprint density at radius 2 is 1.35 bits per heavy atom. The van der Waals surface area contributed by atoms with Gasteiger partial charge in [0.1, 0.15) is 0 Å². The van der Waals surface area contributed by atoms with Crippen molar-refractivity contribution >= 4 is 18.5 Å². The van der Waals surface area contributed by atoms with E-state index in [1.165, 1.54) is 36.3 Å². The van der Waals surface area contributed by atoms with Crippen molar-refractivity contribution in [2.75, 3.05) is 0 Å². The number of allylic oxidation sites excluding steroid dienone is 1. The highest BCUT2D eigenvalue weighted by Gasteiger charge is 2.08. The molecule has 2 aromatic carbocycles. The van der Waals surface area contributed by atoms with E-state index in [1.54, 1.807) is 0 Å². The van der Waals surface area contributed by atoms with E-state index in [0.29, 0.717) is 0 Å². The largest absolute Gasteiger partial charge is 0.0834 e. The molecule has 0 unspecified atom stereocenters. The molecule has 0 aliphatic rings. The average Bonchev–Trinajstić information content (AvgIpc) is 2.53. The molecule has 0 aromatic heterocycles. The van der Waals surface area contributed by atoms with Crippen molar-refractivity contribution in [1.29, 1.82) is 0 Å². The van der Waals surface area contributed by atoms with Crippen LogP contribution in [0.4, 0.5) is 0 Å². The van der Waals surface area contributed by atoms with E-state index in [9.17, 15) is 0 Å². The Morgan fingerprint density at radius 3 is 1.85 bits per heavy atom. The van der Waals surface area contributed by atoms with Gasteiger partial charge in [-0.05, 0) is 31.4 Å². The summed E-state index contributed by atoms with van der Waals surface area (Å²) < 4.78 is 0. The molecular formula is C19H23P. The predicted molar refractivity (Wildman–Crippen MR) is 92.4 cm³/mol. The second-order valence-electron chi connectivity index (χ2n) is 4.92. The third-order valence-corrected chi connectivity index (χ3v) is 5.52. The lowest BCUT2D eigenvalue weighted by atomic mass is 10.2. The van der Waals surface area contributed by atoms with Crippen LogP contribution in [0.1, 0.15) is 32.6 Å². The minimum Gasteiger partial charge on any atom is -0.0834 e. The summed E-state index contributed by atoms with van der Waals surface area (Å²) in [6.07, 6.45) is 7.51. The van der Waals surface area contributed by atoms with E-state index in [4.69, 9.17) is 0 Å². The third-order valence-electron chi connectivity index (χ3n) is 3.30. The molecule has 104 valence electrons. The first kappa shape index (κ1) is 15.0. The molecule has 2 aromatic rings. The van der Waals surface area contributed by atoms with Gasteiger partial charge in [0.05, 0.1) is 0 Å². The topological polar surface area (TPSA) is 0 Å². The molecule has 0 aliphatic carbocycles. The summed E-state index contributed by atoms with van der Waals surface area (Å²) in [6, 6.07) is 21.7. The molecule has 0 atom stereocenters. The van der Waals surface area contributed by atoms with E-state index in [1.807, 2.05) is 0 Å². The van der Waals surface area contributed by atoms with Crippen molar-refractivity contribution in [3.05, 3.63) is 72.6 Å². The van der Waals surface area contributed by atoms with Gasteiger partial charge >= 0.3 is 0 Å². The molecule has 1 heteroatoms. The Bertz CT molecular complexity index is 462. The van der Waals surface area contributed by atoms with Gasteiger partial charge in [-0.25, -0.2) is 0 Å². The average molecular weight is 282 g/mol. The number of unbranched alkanes of at least 4 members (excludes halogenated alkanes) is 3. The lowest BCUT2D eigenvalue weighted by Gasteiger charge is -2.14. The van der Waals surface area contributed by atoms with Crippen molar-refractivity contribution in [3.63, 3.8) is 0 Å². The summed E-state index contributed by atoms with van der Waals surface area (Å²) in [6.45, 7) is 2.25. The molecule has 0 aliphatic heterocycles. The summed E-state index contributed by atoms with van der Waals surface area (Å²) in [4.78, 5) is 0. The van der Waals surface area contributed by atoms with Gasteiger partial charge in [0.2, 0.25) is 0 Å². The second kappa shape index (κ2) is 8.72. The molecule has 20 heavy (non-hydrogen) atoms. The van der Waals surface area contributed by atoms with E-state index in [-0.39, 0.29) is 7.92 Å². The normalized spacial score (nSPS) is 11.3. The highest BCUT2D eigenvalue weighted by molar-refractivity contribution is 7.75. The fourth-order valence-electron chi connectivity index (χ4n) is 2.19. The molecule has 0 radical (unpaired) electrons. The zero-order valence-electron chi connectivity index (χ0n) is 12.2. The molecule has 2 rings (SSSR count). The standard InChI is InChI=1S/C19H23P/c1-2-3-4-5-12-17-20(18-13-8-6-9-14-18)19-15-10-7-11-16-19/h6-17H,2-5H2,1H3/b17-12+. The van der Waals surface area contributed by atoms with Crippen LogP contribution in [0.15, 0.2) is 72.6 Å². The Hall–Kier alpha value is -1.39. The molecular weight excluding hydrogens is 259 g/mol. The molecule has 0 heterocycles. The van der Waals surface area contributed by atoms with Crippen LogP contribution in [0.2, 0.25) is 0 Å². The molecule has 0 bridgehead atoms. The predicted octanol–water partition coefficient (Wildman–Crippen LogP) is 5.21. The van der Waals surface area contributed by atoms with Crippen molar-refractivity contribution in [2.45, 2.75) is 32.6 Å². The van der Waals surface area contributed by atoms with Gasteiger partial charge in [-0.3, -0.25) is 0 Å². The molecule has 0 saturated carbocycles. The van der Waals surface area contributed by atoms with Crippen LogP contribution in [0, 0.1) is 0 Å². The monoisotopic (exact) mass is 282 g/mol. The van der Waals surface area contributed by atoms with Gasteiger partial charge in [-0.2, -0.15) is 0 Å². The zero-order chi connectivity index (χ0) is 14.0. The Kier molecular flexibility index (Phi) is 6.54. The summed E-state index contributed by atoms with van der Waals surface area (Å²) >= 11 is 0. The van der Waals surface area contributed by atoms with Gasteiger partial charge in [-0.1, -0.05) is 92.3 Å². The molecule has 0 N–H and O–H groups in total. The van der Waals surface area contributed by atoms with Gasteiger partial charge in [0, 0.05) is 0 Å². The highest BCUT2D eigenvalue weighted by atomic mass is 31.1. The van der Waals surface area contributed by atoms with Crippen molar-refractivity contribution in [1.82, 2.24) is 0 Å². The number of hydrogen-bond acceptors (Lipinski definition) is 0. The van der Waals surface area contributed by atoms with Crippen LogP contribution in [0.25, 0.3) is 0 Å². The van der Waals surface area contributed by atoms with Crippen LogP contribution >= 0.6 is 7.92 Å². The SMILES string of the molecule is CCCCC/C=C/P(c1ccccc1)c1ccccc1. The zero-order valence-corrected chi connectivity index (χ0v) is 13.1.